The number of thioether (sulfide) groups is 1. The molecule has 0 aliphatic carbocycles. The third-order valence-corrected chi connectivity index (χ3v) is 5.03. The monoisotopic (exact) mass is 383 g/mol. The highest BCUT2D eigenvalue weighted by Crippen LogP contribution is 2.27. The Morgan fingerprint density at radius 2 is 2.28 bits per heavy atom. The van der Waals surface area contributed by atoms with Crippen molar-refractivity contribution in [2.75, 3.05) is 19.5 Å². The van der Waals surface area contributed by atoms with Crippen LogP contribution in [-0.4, -0.2) is 52.1 Å². The van der Waals surface area contributed by atoms with Gasteiger partial charge in [0.05, 0.1) is 17.2 Å². The summed E-state index contributed by atoms with van der Waals surface area (Å²) < 4.78 is 6.82. The lowest BCUT2D eigenvalue weighted by atomic mass is 10.3. The van der Waals surface area contributed by atoms with E-state index in [1.807, 2.05) is 29.0 Å². The Kier molecular flexibility index (Phi) is 7.41. The van der Waals surface area contributed by atoms with Crippen molar-refractivity contribution in [3.8, 4) is 10.7 Å². The summed E-state index contributed by atoms with van der Waals surface area (Å²) in [6.45, 7) is 2.70. The number of hydrogen-bond donors (Lipinski definition) is 2. The molecular weight excluding hydrogens is 362 g/mol. The highest BCUT2D eigenvalue weighted by Gasteiger charge is 2.17. The van der Waals surface area contributed by atoms with Crippen molar-refractivity contribution >= 4 is 34.9 Å². The molecule has 8 nitrogen and oxygen atoms in total. The molecule has 3 N–H and O–H groups in total. The van der Waals surface area contributed by atoms with E-state index in [-0.39, 0.29) is 24.1 Å². The molecule has 0 spiro atoms. The van der Waals surface area contributed by atoms with Gasteiger partial charge in [0.2, 0.25) is 11.8 Å². The van der Waals surface area contributed by atoms with Crippen LogP contribution in [0.5, 0.6) is 0 Å². The van der Waals surface area contributed by atoms with Gasteiger partial charge < -0.3 is 20.4 Å². The van der Waals surface area contributed by atoms with Crippen molar-refractivity contribution in [2.24, 2.45) is 5.73 Å². The molecule has 136 valence electrons. The van der Waals surface area contributed by atoms with Crippen molar-refractivity contribution in [2.45, 2.75) is 31.1 Å². The lowest BCUT2D eigenvalue weighted by molar-refractivity contribution is -0.119. The number of carbonyl (C=O) groups excluding carboxylic acids is 2. The molecule has 2 aromatic heterocycles. The summed E-state index contributed by atoms with van der Waals surface area (Å²) in [6, 6.07) is 3.79. The number of ether oxygens (including phenoxy) is 1. The summed E-state index contributed by atoms with van der Waals surface area (Å²) >= 11 is 2.81. The molecule has 0 saturated carbocycles. The molecule has 1 unspecified atom stereocenters. The highest BCUT2D eigenvalue weighted by atomic mass is 32.2. The summed E-state index contributed by atoms with van der Waals surface area (Å²) in [4.78, 5) is 24.1. The molecule has 1 atom stereocenters. The maximum Gasteiger partial charge on any atom is 0.230 e. The fourth-order valence-electron chi connectivity index (χ4n) is 2.15. The van der Waals surface area contributed by atoms with E-state index in [0.29, 0.717) is 24.1 Å². The first-order chi connectivity index (χ1) is 12.0. The molecule has 2 aromatic rings. The second-order valence-corrected chi connectivity index (χ2v) is 7.25. The smallest absolute Gasteiger partial charge is 0.230 e. The van der Waals surface area contributed by atoms with Gasteiger partial charge >= 0.3 is 0 Å². The van der Waals surface area contributed by atoms with Gasteiger partial charge in [-0.3, -0.25) is 9.59 Å². The number of nitrogens with two attached hydrogens (primary N) is 1. The zero-order chi connectivity index (χ0) is 18.2. The number of aromatic nitrogens is 3. The standard InChI is InChI=1S/C15H21N5O3S2/c1-10(8-23-2)17-13(22)9-25-15-19-18-14(11-4-3-7-24-11)20(15)6-5-12(16)21/h3-4,7,10H,5-6,8-9H2,1-2H3,(H2,16,21)(H,17,22). The minimum absolute atomic E-state index is 0.0625. The fourth-order valence-corrected chi connectivity index (χ4v) is 3.64. The predicted molar refractivity (Wildman–Crippen MR) is 97.4 cm³/mol. The fraction of sp³-hybridized carbons (Fsp3) is 0.467. The van der Waals surface area contributed by atoms with Crippen molar-refractivity contribution in [1.29, 1.82) is 0 Å². The topological polar surface area (TPSA) is 112 Å². The van der Waals surface area contributed by atoms with E-state index in [9.17, 15) is 9.59 Å². The minimum Gasteiger partial charge on any atom is -0.383 e. The average molecular weight is 383 g/mol. The normalized spacial score (nSPS) is 12.1. The molecule has 2 heterocycles. The molecule has 0 aliphatic rings. The lowest BCUT2D eigenvalue weighted by Gasteiger charge is -2.12. The number of rotatable bonds is 10. The minimum atomic E-state index is -0.395. The molecule has 25 heavy (non-hydrogen) atoms. The summed E-state index contributed by atoms with van der Waals surface area (Å²) in [5, 5.41) is 13.7. The van der Waals surface area contributed by atoms with Crippen LogP contribution in [0.4, 0.5) is 0 Å². The number of amides is 2. The maximum atomic E-state index is 12.0. The van der Waals surface area contributed by atoms with Gasteiger partial charge in [-0.15, -0.1) is 21.5 Å². The van der Waals surface area contributed by atoms with Gasteiger partial charge in [-0.05, 0) is 18.4 Å². The number of methoxy groups -OCH3 is 1. The summed E-state index contributed by atoms with van der Waals surface area (Å²) in [7, 11) is 1.59. The largest absolute Gasteiger partial charge is 0.383 e. The average Bonchev–Trinajstić information content (AvgIpc) is 3.20. The van der Waals surface area contributed by atoms with Gasteiger partial charge in [0, 0.05) is 26.1 Å². The first-order valence-corrected chi connectivity index (χ1v) is 9.54. The Morgan fingerprint density at radius 3 is 2.92 bits per heavy atom. The Bertz CT molecular complexity index is 702. The Balaban J connectivity index is 2.06. The van der Waals surface area contributed by atoms with Gasteiger partial charge in [0.1, 0.15) is 0 Å². The number of hydrogen-bond acceptors (Lipinski definition) is 7. The highest BCUT2D eigenvalue weighted by molar-refractivity contribution is 7.99. The summed E-state index contributed by atoms with van der Waals surface area (Å²) in [5.41, 5.74) is 5.26. The predicted octanol–water partition coefficient (Wildman–Crippen LogP) is 1.13. The molecule has 0 fully saturated rings. The molecule has 0 aromatic carbocycles. The van der Waals surface area contributed by atoms with Crippen LogP contribution in [0.1, 0.15) is 13.3 Å². The van der Waals surface area contributed by atoms with Crippen molar-refractivity contribution in [3.05, 3.63) is 17.5 Å². The van der Waals surface area contributed by atoms with Gasteiger partial charge in [-0.2, -0.15) is 0 Å². The van der Waals surface area contributed by atoms with Gasteiger partial charge in [0.25, 0.3) is 0 Å². The summed E-state index contributed by atoms with van der Waals surface area (Å²) in [5.74, 6) is 0.365. The molecule has 0 aliphatic heterocycles. The molecule has 2 amide bonds. The van der Waals surface area contributed by atoms with Crippen molar-refractivity contribution in [1.82, 2.24) is 20.1 Å². The number of nitrogens with one attached hydrogen (secondary N) is 1. The van der Waals surface area contributed by atoms with E-state index in [1.165, 1.54) is 23.1 Å². The molecule has 10 heteroatoms. The molecular formula is C15H21N5O3S2. The van der Waals surface area contributed by atoms with Gasteiger partial charge in [-0.1, -0.05) is 17.8 Å². The van der Waals surface area contributed by atoms with Crippen molar-refractivity contribution in [3.63, 3.8) is 0 Å². The van der Waals surface area contributed by atoms with E-state index in [1.54, 1.807) is 7.11 Å². The number of primary amides is 1. The zero-order valence-corrected chi connectivity index (χ0v) is 15.7. The Hall–Kier alpha value is -1.91. The second-order valence-electron chi connectivity index (χ2n) is 5.36. The van der Waals surface area contributed by atoms with Crippen LogP contribution in [0, 0.1) is 0 Å². The second kappa shape index (κ2) is 9.54. The third-order valence-electron chi connectivity index (χ3n) is 3.20. The van der Waals surface area contributed by atoms with Crippen LogP contribution in [0.3, 0.4) is 0 Å². The lowest BCUT2D eigenvalue weighted by Crippen LogP contribution is -2.36. The van der Waals surface area contributed by atoms with E-state index in [2.05, 4.69) is 15.5 Å². The summed E-state index contributed by atoms with van der Waals surface area (Å²) in [6.07, 6.45) is 0.182. The van der Waals surface area contributed by atoms with Crippen LogP contribution >= 0.6 is 23.1 Å². The van der Waals surface area contributed by atoms with E-state index in [0.717, 1.165) is 4.88 Å². The van der Waals surface area contributed by atoms with Crippen LogP contribution in [0.15, 0.2) is 22.7 Å². The quantitative estimate of drug-likeness (QED) is 0.595. The number of nitrogens with zero attached hydrogens (tertiary/aromatic N) is 3. The Morgan fingerprint density at radius 1 is 1.48 bits per heavy atom. The van der Waals surface area contributed by atoms with Crippen LogP contribution in [0.2, 0.25) is 0 Å². The third kappa shape index (κ3) is 5.83. The zero-order valence-electron chi connectivity index (χ0n) is 14.1. The van der Waals surface area contributed by atoms with Crippen LogP contribution < -0.4 is 11.1 Å². The molecule has 2 rings (SSSR count). The van der Waals surface area contributed by atoms with Crippen molar-refractivity contribution < 1.29 is 14.3 Å². The first kappa shape index (κ1) is 19.4. The van der Waals surface area contributed by atoms with E-state index >= 15 is 0 Å². The van der Waals surface area contributed by atoms with E-state index < -0.39 is 5.91 Å². The Labute approximate surface area is 154 Å². The van der Waals surface area contributed by atoms with E-state index in [4.69, 9.17) is 10.5 Å². The number of thiophene rings is 1. The SMILES string of the molecule is COCC(C)NC(=O)CSc1nnc(-c2cccs2)n1CCC(N)=O. The number of carbonyl (C=O) groups is 2. The van der Waals surface area contributed by atoms with Crippen LogP contribution in [-0.2, 0) is 20.9 Å². The van der Waals surface area contributed by atoms with Gasteiger partial charge in [-0.25, -0.2) is 0 Å². The molecule has 0 saturated heterocycles. The van der Waals surface area contributed by atoms with Crippen LogP contribution in [0.25, 0.3) is 10.7 Å². The van der Waals surface area contributed by atoms with Gasteiger partial charge in [0.15, 0.2) is 11.0 Å². The molecule has 0 radical (unpaired) electrons. The first-order valence-electron chi connectivity index (χ1n) is 7.67. The maximum absolute atomic E-state index is 12.0. The molecule has 0 bridgehead atoms.